The minimum atomic E-state index is -4.26. The molecule has 0 radical (unpaired) electrons. The zero-order valence-corrected chi connectivity index (χ0v) is 13.1. The number of benzene rings is 1. The minimum absolute atomic E-state index is 0.0752. The average Bonchev–Trinajstić information content (AvgIpc) is 2.48. The van der Waals surface area contributed by atoms with E-state index in [1.807, 2.05) is 0 Å². The fourth-order valence-electron chi connectivity index (χ4n) is 2.75. The van der Waals surface area contributed by atoms with Crippen LogP contribution in [0.15, 0.2) is 18.2 Å². The second kappa shape index (κ2) is 7.16. The molecule has 1 fully saturated rings. The number of alkyl halides is 3. The lowest BCUT2D eigenvalue weighted by atomic mass is 9.97. The number of carbonyl (C=O) groups excluding carboxylic acids is 1. The highest BCUT2D eigenvalue weighted by molar-refractivity contribution is 5.92. The Morgan fingerprint density at radius 2 is 2.17 bits per heavy atom. The number of rotatable bonds is 4. The van der Waals surface area contributed by atoms with Gasteiger partial charge < -0.3 is 5.32 Å². The summed E-state index contributed by atoms with van der Waals surface area (Å²) in [5.74, 6) is -1.91. The number of hydrogen-bond donors (Lipinski definition) is 1. The maximum Gasteiger partial charge on any atom is 0.393 e. The molecule has 1 aliphatic rings. The summed E-state index contributed by atoms with van der Waals surface area (Å²) in [5, 5.41) is 13.4. The van der Waals surface area contributed by atoms with Gasteiger partial charge in [0.1, 0.15) is 0 Å². The van der Waals surface area contributed by atoms with Crippen LogP contribution in [0.1, 0.15) is 18.4 Å². The van der Waals surface area contributed by atoms with Gasteiger partial charge in [0.15, 0.2) is 0 Å². The van der Waals surface area contributed by atoms with Crippen LogP contribution in [0.5, 0.6) is 0 Å². The zero-order chi connectivity index (χ0) is 17.9. The molecule has 0 unspecified atom stereocenters. The summed E-state index contributed by atoms with van der Waals surface area (Å²) in [6, 6.07) is 4.27. The van der Waals surface area contributed by atoms with E-state index < -0.39 is 22.9 Å². The van der Waals surface area contributed by atoms with Crippen molar-refractivity contribution in [2.45, 2.75) is 25.9 Å². The van der Waals surface area contributed by atoms with E-state index in [1.165, 1.54) is 23.1 Å². The molecule has 6 nitrogen and oxygen atoms in total. The van der Waals surface area contributed by atoms with Crippen LogP contribution >= 0.6 is 0 Å². The number of likely N-dealkylation sites (tertiary alicyclic amines) is 1. The van der Waals surface area contributed by atoms with Crippen molar-refractivity contribution >= 4 is 17.3 Å². The van der Waals surface area contributed by atoms with Crippen LogP contribution in [-0.4, -0.2) is 41.5 Å². The lowest BCUT2D eigenvalue weighted by Crippen LogP contribution is -2.44. The van der Waals surface area contributed by atoms with Gasteiger partial charge in [0.25, 0.3) is 5.69 Å². The molecule has 9 heteroatoms. The Balaban J connectivity index is 1.96. The molecule has 1 amide bonds. The zero-order valence-electron chi connectivity index (χ0n) is 13.1. The number of hydrogen-bond acceptors (Lipinski definition) is 4. The molecule has 1 aromatic rings. The monoisotopic (exact) mass is 345 g/mol. The minimum Gasteiger partial charge on any atom is -0.325 e. The Morgan fingerprint density at radius 3 is 2.79 bits per heavy atom. The Labute approximate surface area is 136 Å². The number of nitrogens with one attached hydrogen (secondary N) is 1. The molecule has 0 aromatic heterocycles. The van der Waals surface area contributed by atoms with Gasteiger partial charge in [-0.2, -0.15) is 13.2 Å². The number of anilines is 1. The van der Waals surface area contributed by atoms with Gasteiger partial charge in [-0.15, -0.1) is 0 Å². The van der Waals surface area contributed by atoms with E-state index in [0.29, 0.717) is 18.5 Å². The number of amides is 1. The van der Waals surface area contributed by atoms with Gasteiger partial charge in [-0.25, -0.2) is 0 Å². The smallest absolute Gasteiger partial charge is 0.325 e. The third-order valence-corrected chi connectivity index (χ3v) is 4.03. The van der Waals surface area contributed by atoms with Gasteiger partial charge in [0, 0.05) is 23.9 Å². The van der Waals surface area contributed by atoms with Gasteiger partial charge in [-0.1, -0.05) is 6.07 Å². The van der Waals surface area contributed by atoms with Crippen LogP contribution in [0.3, 0.4) is 0 Å². The summed E-state index contributed by atoms with van der Waals surface area (Å²) in [6.45, 7) is 1.63. The first-order valence-electron chi connectivity index (χ1n) is 7.51. The van der Waals surface area contributed by atoms with Crippen molar-refractivity contribution in [3.63, 3.8) is 0 Å². The molecule has 1 atom stereocenters. The Hall–Kier alpha value is -2.16. The van der Waals surface area contributed by atoms with Gasteiger partial charge >= 0.3 is 6.18 Å². The van der Waals surface area contributed by atoms with E-state index in [4.69, 9.17) is 0 Å². The third kappa shape index (κ3) is 4.67. The molecule has 1 heterocycles. The maximum atomic E-state index is 12.8. The summed E-state index contributed by atoms with van der Waals surface area (Å²) >= 11 is 0. The lowest BCUT2D eigenvalue weighted by Gasteiger charge is -2.33. The van der Waals surface area contributed by atoms with Crippen molar-refractivity contribution in [3.8, 4) is 0 Å². The van der Waals surface area contributed by atoms with Gasteiger partial charge in [0.05, 0.1) is 17.4 Å². The van der Waals surface area contributed by atoms with E-state index in [1.54, 1.807) is 6.92 Å². The summed E-state index contributed by atoms with van der Waals surface area (Å²) in [4.78, 5) is 23.8. The van der Waals surface area contributed by atoms with Crippen molar-refractivity contribution in [2.75, 3.05) is 25.0 Å². The van der Waals surface area contributed by atoms with Crippen LogP contribution < -0.4 is 5.32 Å². The van der Waals surface area contributed by atoms with Crippen molar-refractivity contribution < 1.29 is 22.9 Å². The molecule has 0 aliphatic carbocycles. The molecule has 24 heavy (non-hydrogen) atoms. The van der Waals surface area contributed by atoms with Gasteiger partial charge in [-0.3, -0.25) is 19.8 Å². The standard InChI is InChI=1S/C15H18F3N3O3/c1-10-4-5-12(7-13(10)21(23)24)19-14(22)9-20-6-2-3-11(8-20)15(16,17)18/h4-5,7,11H,2-3,6,8-9H2,1H3,(H,19,22)/t11-/m0/s1. The van der Waals surface area contributed by atoms with Gasteiger partial charge in [0.2, 0.25) is 5.91 Å². The molecule has 1 aromatic carbocycles. The first kappa shape index (κ1) is 18.2. The van der Waals surface area contributed by atoms with E-state index in [0.717, 1.165) is 0 Å². The Kier molecular flexibility index (Phi) is 5.43. The highest BCUT2D eigenvalue weighted by atomic mass is 19.4. The number of nitro benzene ring substituents is 1. The molecule has 1 N–H and O–H groups in total. The molecule has 1 saturated heterocycles. The molecule has 1 aliphatic heterocycles. The molecular formula is C15H18F3N3O3. The van der Waals surface area contributed by atoms with Gasteiger partial charge in [-0.05, 0) is 32.4 Å². The number of piperidine rings is 1. The highest BCUT2D eigenvalue weighted by Crippen LogP contribution is 2.33. The molecule has 0 spiro atoms. The van der Waals surface area contributed by atoms with E-state index in [2.05, 4.69) is 5.32 Å². The number of aryl methyl sites for hydroxylation is 1. The number of nitro groups is 1. The van der Waals surface area contributed by atoms with E-state index in [9.17, 15) is 28.1 Å². The largest absolute Gasteiger partial charge is 0.393 e. The summed E-state index contributed by atoms with van der Waals surface area (Å²) in [6.07, 6.45) is -3.80. The number of carbonyl (C=O) groups is 1. The molecule has 2 rings (SSSR count). The van der Waals surface area contributed by atoms with Crippen molar-refractivity contribution in [3.05, 3.63) is 33.9 Å². The number of nitrogens with zero attached hydrogens (tertiary/aromatic N) is 2. The molecule has 132 valence electrons. The first-order valence-corrected chi connectivity index (χ1v) is 7.51. The Bertz CT molecular complexity index is 634. The fraction of sp³-hybridized carbons (Fsp3) is 0.533. The molecule has 0 saturated carbocycles. The summed E-state index contributed by atoms with van der Waals surface area (Å²) < 4.78 is 38.3. The second-order valence-corrected chi connectivity index (χ2v) is 5.92. The SMILES string of the molecule is Cc1ccc(NC(=O)CN2CCC[C@H](C(F)(F)F)C2)cc1[N+](=O)[O-]. The number of halogens is 3. The van der Waals surface area contributed by atoms with Crippen molar-refractivity contribution in [2.24, 2.45) is 5.92 Å². The van der Waals surface area contributed by atoms with E-state index in [-0.39, 0.29) is 30.9 Å². The van der Waals surface area contributed by atoms with Crippen LogP contribution in [0, 0.1) is 23.0 Å². The predicted octanol–water partition coefficient (Wildman–Crippen LogP) is 3.12. The average molecular weight is 345 g/mol. The maximum absolute atomic E-state index is 12.8. The first-order chi connectivity index (χ1) is 11.2. The van der Waals surface area contributed by atoms with Crippen LogP contribution in [-0.2, 0) is 4.79 Å². The topological polar surface area (TPSA) is 75.5 Å². The van der Waals surface area contributed by atoms with Crippen LogP contribution in [0.25, 0.3) is 0 Å². The normalized spacial score (nSPS) is 19.1. The summed E-state index contributed by atoms with van der Waals surface area (Å²) in [5.41, 5.74) is 0.589. The molecule has 0 bridgehead atoms. The third-order valence-electron chi connectivity index (χ3n) is 4.03. The quantitative estimate of drug-likeness (QED) is 0.672. The van der Waals surface area contributed by atoms with Crippen LogP contribution in [0.2, 0.25) is 0 Å². The fourth-order valence-corrected chi connectivity index (χ4v) is 2.75. The van der Waals surface area contributed by atoms with E-state index >= 15 is 0 Å². The molecular weight excluding hydrogens is 327 g/mol. The Morgan fingerprint density at radius 1 is 1.46 bits per heavy atom. The van der Waals surface area contributed by atoms with Crippen molar-refractivity contribution in [1.82, 2.24) is 4.90 Å². The lowest BCUT2D eigenvalue weighted by molar-refractivity contribution is -0.385. The predicted molar refractivity (Wildman–Crippen MR) is 81.7 cm³/mol. The van der Waals surface area contributed by atoms with Crippen molar-refractivity contribution in [1.29, 1.82) is 0 Å². The highest BCUT2D eigenvalue weighted by Gasteiger charge is 2.41. The second-order valence-electron chi connectivity index (χ2n) is 5.92. The van der Waals surface area contributed by atoms with Crippen LogP contribution in [0.4, 0.5) is 24.5 Å². The summed E-state index contributed by atoms with van der Waals surface area (Å²) in [7, 11) is 0.